The number of carbonyl (C=O) groups is 1. The number of fused-ring (bicyclic) bond motifs is 1. The van der Waals surface area contributed by atoms with Crippen LogP contribution < -0.4 is 10.1 Å². The minimum Gasteiger partial charge on any atom is -0.508 e. The van der Waals surface area contributed by atoms with Crippen molar-refractivity contribution in [3.05, 3.63) is 41.6 Å². The largest absolute Gasteiger partial charge is 0.508 e. The van der Waals surface area contributed by atoms with Crippen LogP contribution in [0, 0.1) is 0 Å². The van der Waals surface area contributed by atoms with Crippen LogP contribution in [0.4, 0.5) is 0 Å². The monoisotopic (exact) mass is 395 g/mol. The summed E-state index contributed by atoms with van der Waals surface area (Å²) in [6.45, 7) is 2.69. The average Bonchev–Trinajstić information content (AvgIpc) is 3.13. The maximum atomic E-state index is 12.9. The second-order valence-corrected chi connectivity index (χ2v) is 7.29. The van der Waals surface area contributed by atoms with Crippen molar-refractivity contribution >= 4 is 16.9 Å². The van der Waals surface area contributed by atoms with Crippen molar-refractivity contribution in [3.63, 3.8) is 0 Å². The second kappa shape index (κ2) is 8.13. The Morgan fingerprint density at radius 3 is 2.79 bits per heavy atom. The number of hydrogen-bond acceptors (Lipinski definition) is 6. The number of piperidine rings is 1. The van der Waals surface area contributed by atoms with Crippen molar-refractivity contribution in [3.8, 4) is 23.0 Å². The first-order valence-electron chi connectivity index (χ1n) is 9.84. The number of likely N-dealkylation sites (tertiary alicyclic amines) is 1. The van der Waals surface area contributed by atoms with Gasteiger partial charge in [0, 0.05) is 42.9 Å². The fourth-order valence-electron chi connectivity index (χ4n) is 3.99. The summed E-state index contributed by atoms with van der Waals surface area (Å²) in [5.74, 6) is 0.758. The lowest BCUT2D eigenvalue weighted by molar-refractivity contribution is 0.0964. The highest BCUT2D eigenvalue weighted by Crippen LogP contribution is 2.38. The van der Waals surface area contributed by atoms with Gasteiger partial charge in [-0.05, 0) is 43.6 Å². The highest BCUT2D eigenvalue weighted by Gasteiger charge is 2.25. The number of benzene rings is 1. The van der Waals surface area contributed by atoms with Crippen molar-refractivity contribution in [1.82, 2.24) is 15.2 Å². The van der Waals surface area contributed by atoms with Gasteiger partial charge in [-0.1, -0.05) is 6.42 Å². The first-order chi connectivity index (χ1) is 14.1. The third-order valence-corrected chi connectivity index (χ3v) is 5.36. The molecule has 3 heterocycles. The molecule has 2 aromatic heterocycles. The Morgan fingerprint density at radius 1 is 1.28 bits per heavy atom. The summed E-state index contributed by atoms with van der Waals surface area (Å²) < 4.78 is 11.3. The van der Waals surface area contributed by atoms with Crippen LogP contribution in [-0.4, -0.2) is 48.1 Å². The number of nitrogens with zero attached hydrogens (tertiary/aromatic N) is 2. The number of amides is 1. The molecule has 0 aliphatic carbocycles. The normalized spacial score (nSPS) is 14.8. The van der Waals surface area contributed by atoms with Crippen LogP contribution in [0.1, 0.15) is 35.2 Å². The minimum atomic E-state index is -0.236. The second-order valence-electron chi connectivity index (χ2n) is 7.29. The van der Waals surface area contributed by atoms with E-state index in [4.69, 9.17) is 9.15 Å². The van der Waals surface area contributed by atoms with Gasteiger partial charge >= 0.3 is 0 Å². The molecule has 4 rings (SSSR count). The Bertz CT molecular complexity index is 1040. The van der Waals surface area contributed by atoms with Crippen molar-refractivity contribution in [1.29, 1.82) is 0 Å². The summed E-state index contributed by atoms with van der Waals surface area (Å²) in [7, 11) is 3.14. The minimum absolute atomic E-state index is 0.126. The predicted molar refractivity (Wildman–Crippen MR) is 110 cm³/mol. The standard InChI is InChI=1S/C22H25N3O4/c1-23-22(27)20-19-15(13-25-8-4-3-5-9-25)10-16(26)12-17(19)29-21(20)14-6-7-24-18(11-14)28-2/h6-7,10-12,26H,3-5,8-9,13H2,1-2H3,(H,23,27). The van der Waals surface area contributed by atoms with E-state index in [1.807, 2.05) is 0 Å². The molecule has 0 spiro atoms. The summed E-state index contributed by atoms with van der Waals surface area (Å²) in [6, 6.07) is 6.80. The van der Waals surface area contributed by atoms with Gasteiger partial charge in [0.1, 0.15) is 17.1 Å². The summed E-state index contributed by atoms with van der Waals surface area (Å²) in [4.78, 5) is 19.4. The van der Waals surface area contributed by atoms with Crippen LogP contribution in [0.2, 0.25) is 0 Å². The zero-order valence-electron chi connectivity index (χ0n) is 16.7. The summed E-state index contributed by atoms with van der Waals surface area (Å²) >= 11 is 0. The van der Waals surface area contributed by atoms with Crippen LogP contribution >= 0.6 is 0 Å². The highest BCUT2D eigenvalue weighted by molar-refractivity contribution is 6.12. The van der Waals surface area contributed by atoms with Crippen molar-refractivity contribution < 1.29 is 19.1 Å². The Morgan fingerprint density at radius 2 is 2.07 bits per heavy atom. The fourth-order valence-corrected chi connectivity index (χ4v) is 3.99. The number of ether oxygens (including phenoxy) is 1. The van der Waals surface area contributed by atoms with E-state index in [1.54, 1.807) is 44.6 Å². The van der Waals surface area contributed by atoms with Crippen molar-refractivity contribution in [2.45, 2.75) is 25.8 Å². The molecule has 1 aromatic carbocycles. The lowest BCUT2D eigenvalue weighted by Crippen LogP contribution is -2.29. The number of rotatable bonds is 5. The molecule has 2 N–H and O–H groups in total. The maximum Gasteiger partial charge on any atom is 0.255 e. The SMILES string of the molecule is CNC(=O)c1c(-c2ccnc(OC)c2)oc2cc(O)cc(CN3CCCCC3)c12. The molecule has 0 atom stereocenters. The highest BCUT2D eigenvalue weighted by atomic mass is 16.5. The third-order valence-electron chi connectivity index (χ3n) is 5.36. The van der Waals surface area contributed by atoms with Gasteiger partial charge in [0.25, 0.3) is 5.91 Å². The van der Waals surface area contributed by atoms with E-state index in [0.717, 1.165) is 36.9 Å². The molecule has 29 heavy (non-hydrogen) atoms. The smallest absolute Gasteiger partial charge is 0.255 e. The van der Waals surface area contributed by atoms with E-state index < -0.39 is 0 Å². The van der Waals surface area contributed by atoms with E-state index in [0.29, 0.717) is 34.9 Å². The fraction of sp³-hybridized carbons (Fsp3) is 0.364. The number of furan rings is 1. The van der Waals surface area contributed by atoms with E-state index in [-0.39, 0.29) is 11.7 Å². The first-order valence-corrected chi connectivity index (χ1v) is 9.84. The maximum absolute atomic E-state index is 12.9. The number of aromatic nitrogens is 1. The third kappa shape index (κ3) is 3.78. The number of methoxy groups -OCH3 is 1. The van der Waals surface area contributed by atoms with Crippen LogP contribution in [0.25, 0.3) is 22.3 Å². The Hall–Kier alpha value is -3.06. The van der Waals surface area contributed by atoms with Gasteiger partial charge in [-0.15, -0.1) is 0 Å². The molecule has 3 aromatic rings. The molecule has 1 amide bonds. The number of hydrogen-bond donors (Lipinski definition) is 2. The topological polar surface area (TPSA) is 87.8 Å². The first kappa shape index (κ1) is 19.3. The molecule has 1 fully saturated rings. The Labute approximate surface area is 169 Å². The molecule has 0 radical (unpaired) electrons. The zero-order valence-corrected chi connectivity index (χ0v) is 16.7. The Kier molecular flexibility index (Phi) is 5.40. The molecule has 0 bridgehead atoms. The molecule has 0 unspecified atom stereocenters. The van der Waals surface area contributed by atoms with Gasteiger partial charge in [0.15, 0.2) is 0 Å². The summed E-state index contributed by atoms with van der Waals surface area (Å²) in [6.07, 6.45) is 5.19. The Balaban J connectivity index is 1.90. The number of nitrogens with one attached hydrogen (secondary N) is 1. The molecular formula is C22H25N3O4. The van der Waals surface area contributed by atoms with Crippen LogP contribution in [0.15, 0.2) is 34.9 Å². The molecule has 1 saturated heterocycles. The zero-order chi connectivity index (χ0) is 20.4. The summed E-state index contributed by atoms with van der Waals surface area (Å²) in [5, 5.41) is 13.7. The number of aromatic hydroxyl groups is 1. The summed E-state index contributed by atoms with van der Waals surface area (Å²) in [5.41, 5.74) is 2.52. The lowest BCUT2D eigenvalue weighted by atomic mass is 10.00. The molecule has 7 heteroatoms. The average molecular weight is 395 g/mol. The van der Waals surface area contributed by atoms with Crippen LogP contribution in [0.3, 0.4) is 0 Å². The molecule has 0 saturated carbocycles. The van der Waals surface area contributed by atoms with Gasteiger partial charge < -0.3 is 19.6 Å². The number of phenols is 1. The van der Waals surface area contributed by atoms with Crippen LogP contribution in [-0.2, 0) is 6.54 Å². The predicted octanol–water partition coefficient (Wildman–Crippen LogP) is 3.55. The lowest BCUT2D eigenvalue weighted by Gasteiger charge is -2.26. The van der Waals surface area contributed by atoms with Gasteiger partial charge in [-0.3, -0.25) is 9.69 Å². The van der Waals surface area contributed by atoms with Gasteiger partial charge in [0.2, 0.25) is 5.88 Å². The van der Waals surface area contributed by atoms with E-state index >= 15 is 0 Å². The van der Waals surface area contributed by atoms with E-state index in [1.165, 1.54) is 6.42 Å². The van der Waals surface area contributed by atoms with E-state index in [9.17, 15) is 9.90 Å². The van der Waals surface area contributed by atoms with Gasteiger partial charge in [0.05, 0.1) is 12.7 Å². The van der Waals surface area contributed by atoms with Crippen LogP contribution in [0.5, 0.6) is 11.6 Å². The number of carbonyl (C=O) groups excluding carboxylic acids is 1. The molecule has 7 nitrogen and oxygen atoms in total. The molecule has 1 aliphatic heterocycles. The number of phenolic OH excluding ortho intramolecular Hbond substituents is 1. The quantitative estimate of drug-likeness (QED) is 0.687. The van der Waals surface area contributed by atoms with Crippen molar-refractivity contribution in [2.24, 2.45) is 0 Å². The molecular weight excluding hydrogens is 370 g/mol. The molecule has 1 aliphatic rings. The van der Waals surface area contributed by atoms with Gasteiger partial charge in [-0.25, -0.2) is 4.98 Å². The van der Waals surface area contributed by atoms with E-state index in [2.05, 4.69) is 15.2 Å². The van der Waals surface area contributed by atoms with Gasteiger partial charge in [-0.2, -0.15) is 0 Å². The molecule has 152 valence electrons. The number of pyridine rings is 1. The van der Waals surface area contributed by atoms with Crippen molar-refractivity contribution in [2.75, 3.05) is 27.2 Å².